The lowest BCUT2D eigenvalue weighted by atomic mass is 9.76. The van der Waals surface area contributed by atoms with E-state index in [1.807, 2.05) is 0 Å². The first kappa shape index (κ1) is 18.1. The van der Waals surface area contributed by atoms with Gasteiger partial charge in [-0.05, 0) is 12.0 Å². The van der Waals surface area contributed by atoms with Gasteiger partial charge in [-0.2, -0.15) is 0 Å². The molecule has 2 heteroatoms. The van der Waals surface area contributed by atoms with E-state index in [1.165, 1.54) is 37.7 Å². The Morgan fingerprint density at radius 1 is 1.00 bits per heavy atom. The van der Waals surface area contributed by atoms with Crippen LogP contribution in [0.5, 0.6) is 0 Å². The van der Waals surface area contributed by atoms with Gasteiger partial charge in [0.25, 0.3) is 0 Å². The smallest absolute Gasteiger partial charge is 0.0131 e. The molecule has 0 aliphatic heterocycles. The minimum atomic E-state index is 0. The fourth-order valence-corrected chi connectivity index (χ4v) is 2.41. The third-order valence-electron chi connectivity index (χ3n) is 4.06. The third-order valence-corrected chi connectivity index (χ3v) is 4.06. The average Bonchev–Trinajstić information content (AvgIpc) is 2.39. The van der Waals surface area contributed by atoms with E-state index in [9.17, 15) is 0 Å². The largest absolute Gasteiger partial charge is 0.412 e. The van der Waals surface area contributed by atoms with Crippen LogP contribution >= 0.6 is 0 Å². The van der Waals surface area contributed by atoms with E-state index in [-0.39, 0.29) is 16.9 Å². The zero-order valence-electron chi connectivity index (χ0n) is 12.8. The Kier molecular flexibility index (Phi) is 8.70. The molecule has 0 aromatic heterocycles. The van der Waals surface area contributed by atoms with Crippen LogP contribution in [0, 0.1) is 0 Å². The van der Waals surface area contributed by atoms with Crippen molar-refractivity contribution in [2.45, 2.75) is 70.8 Å². The van der Waals surface area contributed by atoms with E-state index < -0.39 is 0 Å². The van der Waals surface area contributed by atoms with Crippen molar-refractivity contribution in [1.29, 1.82) is 0 Å². The van der Waals surface area contributed by atoms with Crippen molar-refractivity contribution in [3.05, 3.63) is 35.9 Å². The second-order valence-corrected chi connectivity index (χ2v) is 5.90. The van der Waals surface area contributed by atoms with E-state index in [0.29, 0.717) is 0 Å². The first-order valence-electron chi connectivity index (χ1n) is 7.40. The number of hydrogen-bond acceptors (Lipinski definition) is 1. The van der Waals surface area contributed by atoms with Gasteiger partial charge in [0.2, 0.25) is 0 Å². The molecule has 2 nitrogen and oxygen atoms in total. The van der Waals surface area contributed by atoms with Crippen LogP contribution < -0.4 is 5.73 Å². The van der Waals surface area contributed by atoms with Gasteiger partial charge in [-0.25, -0.2) is 0 Å². The molecule has 1 atom stereocenters. The quantitative estimate of drug-likeness (QED) is 0.714. The van der Waals surface area contributed by atoms with Gasteiger partial charge in [-0.15, -0.1) is 0 Å². The standard InChI is InChI=1S/C17H29N.H2O/c1-4-5-6-7-11-14-16(18)17(2,3)15-12-9-8-10-13-15;/h8-10,12-13,16H,4-7,11,14,18H2,1-3H3;1H2. The van der Waals surface area contributed by atoms with Gasteiger partial charge in [0.1, 0.15) is 0 Å². The van der Waals surface area contributed by atoms with Crippen molar-refractivity contribution >= 4 is 0 Å². The van der Waals surface area contributed by atoms with Crippen molar-refractivity contribution in [1.82, 2.24) is 0 Å². The highest BCUT2D eigenvalue weighted by Crippen LogP contribution is 2.28. The lowest BCUT2D eigenvalue weighted by Crippen LogP contribution is -2.40. The van der Waals surface area contributed by atoms with Crippen molar-refractivity contribution in [2.75, 3.05) is 0 Å². The average molecular weight is 265 g/mol. The normalized spacial score (nSPS) is 12.8. The van der Waals surface area contributed by atoms with Gasteiger partial charge in [-0.3, -0.25) is 0 Å². The summed E-state index contributed by atoms with van der Waals surface area (Å²) in [6.07, 6.45) is 7.74. The van der Waals surface area contributed by atoms with E-state index in [4.69, 9.17) is 5.73 Å². The summed E-state index contributed by atoms with van der Waals surface area (Å²) in [5.41, 5.74) is 7.83. The van der Waals surface area contributed by atoms with Gasteiger partial charge in [0, 0.05) is 11.5 Å². The maximum atomic E-state index is 6.40. The Hall–Kier alpha value is -0.860. The van der Waals surface area contributed by atoms with E-state index >= 15 is 0 Å². The van der Waals surface area contributed by atoms with Gasteiger partial charge < -0.3 is 11.2 Å². The molecule has 0 fully saturated rings. The summed E-state index contributed by atoms with van der Waals surface area (Å²) in [5.74, 6) is 0. The summed E-state index contributed by atoms with van der Waals surface area (Å²) in [6.45, 7) is 6.78. The molecular formula is C17H31NO. The van der Waals surface area contributed by atoms with Crippen LogP contribution in [0.1, 0.15) is 64.9 Å². The Balaban J connectivity index is 0.00000324. The molecule has 0 spiro atoms. The summed E-state index contributed by atoms with van der Waals surface area (Å²) >= 11 is 0. The summed E-state index contributed by atoms with van der Waals surface area (Å²) in [4.78, 5) is 0. The first-order chi connectivity index (χ1) is 8.59. The van der Waals surface area contributed by atoms with E-state index in [2.05, 4.69) is 51.1 Å². The highest BCUT2D eigenvalue weighted by atomic mass is 16.0. The molecule has 1 aromatic carbocycles. The number of rotatable bonds is 8. The minimum Gasteiger partial charge on any atom is -0.412 e. The molecule has 19 heavy (non-hydrogen) atoms. The molecule has 0 amide bonds. The maximum absolute atomic E-state index is 6.40. The van der Waals surface area contributed by atoms with Crippen LogP contribution in [-0.2, 0) is 5.41 Å². The number of unbranched alkanes of at least 4 members (excludes halogenated alkanes) is 4. The van der Waals surface area contributed by atoms with Crippen LogP contribution in [-0.4, -0.2) is 11.5 Å². The molecule has 0 aliphatic carbocycles. The topological polar surface area (TPSA) is 57.5 Å². The lowest BCUT2D eigenvalue weighted by Gasteiger charge is -2.32. The molecular weight excluding hydrogens is 234 g/mol. The van der Waals surface area contributed by atoms with Crippen molar-refractivity contribution in [3.8, 4) is 0 Å². The van der Waals surface area contributed by atoms with Crippen LogP contribution in [0.3, 0.4) is 0 Å². The Morgan fingerprint density at radius 2 is 1.58 bits per heavy atom. The molecule has 1 rings (SSSR count). The summed E-state index contributed by atoms with van der Waals surface area (Å²) < 4.78 is 0. The Labute approximate surface area is 118 Å². The molecule has 1 unspecified atom stereocenters. The number of benzene rings is 1. The van der Waals surface area contributed by atoms with Crippen molar-refractivity contribution in [2.24, 2.45) is 5.73 Å². The highest BCUT2D eigenvalue weighted by Gasteiger charge is 2.27. The van der Waals surface area contributed by atoms with Crippen LogP contribution in [0.4, 0.5) is 0 Å². The van der Waals surface area contributed by atoms with Gasteiger partial charge in [0.15, 0.2) is 0 Å². The van der Waals surface area contributed by atoms with Crippen LogP contribution in [0.15, 0.2) is 30.3 Å². The molecule has 0 heterocycles. The third kappa shape index (κ3) is 5.75. The predicted molar refractivity (Wildman–Crippen MR) is 84.4 cm³/mol. The monoisotopic (exact) mass is 265 g/mol. The predicted octanol–water partition coefficient (Wildman–Crippen LogP) is 3.83. The number of hydrogen-bond donors (Lipinski definition) is 1. The molecule has 110 valence electrons. The van der Waals surface area contributed by atoms with Crippen LogP contribution in [0.25, 0.3) is 0 Å². The zero-order chi connectivity index (χ0) is 13.4. The molecule has 0 bridgehead atoms. The second kappa shape index (κ2) is 9.11. The molecule has 0 saturated heterocycles. The van der Waals surface area contributed by atoms with Gasteiger partial charge in [0.05, 0.1) is 0 Å². The molecule has 1 aromatic rings. The zero-order valence-corrected chi connectivity index (χ0v) is 12.8. The minimum absolute atomic E-state index is 0. The lowest BCUT2D eigenvalue weighted by molar-refractivity contribution is 0.375. The fraction of sp³-hybridized carbons (Fsp3) is 0.647. The van der Waals surface area contributed by atoms with Crippen molar-refractivity contribution < 1.29 is 5.48 Å². The van der Waals surface area contributed by atoms with E-state index in [1.54, 1.807) is 0 Å². The first-order valence-corrected chi connectivity index (χ1v) is 7.40. The second-order valence-electron chi connectivity index (χ2n) is 5.90. The molecule has 0 radical (unpaired) electrons. The van der Waals surface area contributed by atoms with E-state index in [0.717, 1.165) is 6.42 Å². The SMILES string of the molecule is CCCCCCCC(N)C(C)(C)c1ccccc1.O. The summed E-state index contributed by atoms with van der Waals surface area (Å²) in [5, 5.41) is 0. The summed E-state index contributed by atoms with van der Waals surface area (Å²) in [7, 11) is 0. The van der Waals surface area contributed by atoms with Gasteiger partial charge in [-0.1, -0.05) is 83.2 Å². The number of nitrogens with two attached hydrogens (primary N) is 1. The highest BCUT2D eigenvalue weighted by molar-refractivity contribution is 5.25. The fourth-order valence-electron chi connectivity index (χ4n) is 2.41. The van der Waals surface area contributed by atoms with Gasteiger partial charge >= 0.3 is 0 Å². The molecule has 0 aliphatic rings. The maximum Gasteiger partial charge on any atom is 0.0131 e. The Morgan fingerprint density at radius 3 is 2.16 bits per heavy atom. The molecule has 4 N–H and O–H groups in total. The van der Waals surface area contributed by atoms with Crippen LogP contribution in [0.2, 0.25) is 0 Å². The van der Waals surface area contributed by atoms with Crippen molar-refractivity contribution in [3.63, 3.8) is 0 Å². The Bertz CT molecular complexity index is 321. The molecule has 0 saturated carbocycles. The summed E-state index contributed by atoms with van der Waals surface area (Å²) in [6, 6.07) is 10.9.